The van der Waals surface area contributed by atoms with E-state index >= 15 is 0 Å². The highest BCUT2D eigenvalue weighted by molar-refractivity contribution is 5.87. The first kappa shape index (κ1) is 20.5. The summed E-state index contributed by atoms with van der Waals surface area (Å²) in [5, 5.41) is 5.52. The molecule has 0 saturated carbocycles. The number of amides is 2. The Morgan fingerprint density at radius 3 is 2.67 bits per heavy atom. The molecule has 0 heterocycles. The van der Waals surface area contributed by atoms with Crippen LogP contribution >= 0.6 is 12.4 Å². The van der Waals surface area contributed by atoms with Gasteiger partial charge in [-0.15, -0.1) is 12.4 Å². The quantitative estimate of drug-likeness (QED) is 0.728. The van der Waals surface area contributed by atoms with Gasteiger partial charge in [-0.3, -0.25) is 9.59 Å². The van der Waals surface area contributed by atoms with E-state index in [2.05, 4.69) is 28.8 Å². The summed E-state index contributed by atoms with van der Waals surface area (Å²) < 4.78 is 0. The largest absolute Gasteiger partial charge is 0.354 e. The van der Waals surface area contributed by atoms with Crippen molar-refractivity contribution in [2.24, 2.45) is 11.7 Å². The second-order valence-corrected chi connectivity index (χ2v) is 6.58. The van der Waals surface area contributed by atoms with Crippen LogP contribution in [0.15, 0.2) is 24.3 Å². The molecule has 0 aliphatic heterocycles. The van der Waals surface area contributed by atoms with Crippen LogP contribution in [-0.4, -0.2) is 30.9 Å². The van der Waals surface area contributed by atoms with Gasteiger partial charge in [0.05, 0.1) is 12.6 Å². The molecule has 2 rings (SSSR count). The van der Waals surface area contributed by atoms with Crippen molar-refractivity contribution in [3.63, 3.8) is 0 Å². The van der Waals surface area contributed by atoms with E-state index in [0.29, 0.717) is 12.5 Å². The standard InChI is InChI=1S/C18H27N3O2.ClH/c1-12(2)17(19)18(23)21-11-16(22)20-10-14-8-5-7-13-6-3-4-9-15(13)14;/h3-4,6,9,12,14,17H,5,7-8,10-11,19H2,1-2H3,(H,20,22)(H,21,23);1H/t14?,17-;/m0./s1. The third-order valence-electron chi connectivity index (χ3n) is 4.48. The Bertz CT molecular complexity index is 563. The molecule has 0 fully saturated rings. The van der Waals surface area contributed by atoms with E-state index in [1.165, 1.54) is 11.1 Å². The second kappa shape index (κ2) is 9.64. The fourth-order valence-electron chi connectivity index (χ4n) is 2.95. The molecule has 134 valence electrons. The fourth-order valence-corrected chi connectivity index (χ4v) is 2.95. The molecular weight excluding hydrogens is 326 g/mol. The number of rotatable bonds is 6. The van der Waals surface area contributed by atoms with Crippen LogP contribution in [0.2, 0.25) is 0 Å². The number of aryl methyl sites for hydroxylation is 1. The fraction of sp³-hybridized carbons (Fsp3) is 0.556. The molecule has 4 N–H and O–H groups in total. The average Bonchev–Trinajstić information content (AvgIpc) is 2.56. The lowest BCUT2D eigenvalue weighted by molar-refractivity contribution is -0.127. The van der Waals surface area contributed by atoms with Gasteiger partial charge in [0.25, 0.3) is 0 Å². The van der Waals surface area contributed by atoms with Crippen LogP contribution in [0.4, 0.5) is 0 Å². The SMILES string of the molecule is CC(C)[C@H](N)C(=O)NCC(=O)NCC1CCCc2ccccc21.Cl. The summed E-state index contributed by atoms with van der Waals surface area (Å²) >= 11 is 0. The highest BCUT2D eigenvalue weighted by Gasteiger charge is 2.21. The summed E-state index contributed by atoms with van der Waals surface area (Å²) in [5.74, 6) is -0.0372. The molecule has 24 heavy (non-hydrogen) atoms. The van der Waals surface area contributed by atoms with Crippen molar-refractivity contribution in [1.29, 1.82) is 0 Å². The third kappa shape index (κ3) is 5.49. The molecule has 1 aliphatic carbocycles. The maximum Gasteiger partial charge on any atom is 0.239 e. The molecule has 1 unspecified atom stereocenters. The highest BCUT2D eigenvalue weighted by atomic mass is 35.5. The second-order valence-electron chi connectivity index (χ2n) is 6.58. The van der Waals surface area contributed by atoms with Crippen LogP contribution in [-0.2, 0) is 16.0 Å². The number of carbonyl (C=O) groups excluding carboxylic acids is 2. The molecule has 0 spiro atoms. The van der Waals surface area contributed by atoms with Crippen molar-refractivity contribution in [2.45, 2.75) is 45.1 Å². The van der Waals surface area contributed by atoms with Gasteiger partial charge in [-0.2, -0.15) is 0 Å². The average molecular weight is 354 g/mol. The molecule has 1 aliphatic rings. The Labute approximate surface area is 150 Å². The van der Waals surface area contributed by atoms with E-state index in [9.17, 15) is 9.59 Å². The number of hydrogen-bond acceptors (Lipinski definition) is 3. The summed E-state index contributed by atoms with van der Waals surface area (Å²) in [4.78, 5) is 23.7. The van der Waals surface area contributed by atoms with Crippen molar-refractivity contribution in [3.8, 4) is 0 Å². The molecule has 1 aromatic rings. The van der Waals surface area contributed by atoms with E-state index in [4.69, 9.17) is 5.73 Å². The lowest BCUT2D eigenvalue weighted by Gasteiger charge is -2.25. The molecule has 0 aromatic heterocycles. The van der Waals surface area contributed by atoms with E-state index in [-0.39, 0.29) is 36.7 Å². The normalized spacial score (nSPS) is 17.4. The van der Waals surface area contributed by atoms with Gasteiger partial charge < -0.3 is 16.4 Å². The smallest absolute Gasteiger partial charge is 0.239 e. The van der Waals surface area contributed by atoms with Gasteiger partial charge in [0.2, 0.25) is 11.8 Å². The Morgan fingerprint density at radius 2 is 1.96 bits per heavy atom. The Morgan fingerprint density at radius 1 is 1.25 bits per heavy atom. The lowest BCUT2D eigenvalue weighted by atomic mass is 9.83. The first-order chi connectivity index (χ1) is 11.0. The predicted octanol–water partition coefficient (Wildman–Crippen LogP) is 1.74. The molecule has 0 radical (unpaired) electrons. The summed E-state index contributed by atoms with van der Waals surface area (Å²) in [6.07, 6.45) is 3.35. The highest BCUT2D eigenvalue weighted by Crippen LogP contribution is 2.30. The number of carbonyl (C=O) groups is 2. The van der Waals surface area contributed by atoms with E-state index in [0.717, 1.165) is 19.3 Å². The summed E-state index contributed by atoms with van der Waals surface area (Å²) in [6.45, 7) is 4.35. The van der Waals surface area contributed by atoms with Gasteiger partial charge in [0.1, 0.15) is 0 Å². The third-order valence-corrected chi connectivity index (χ3v) is 4.48. The molecular formula is C18H28ClN3O2. The number of hydrogen-bond donors (Lipinski definition) is 3. The van der Waals surface area contributed by atoms with Crippen molar-refractivity contribution in [2.75, 3.05) is 13.1 Å². The monoisotopic (exact) mass is 353 g/mol. The topological polar surface area (TPSA) is 84.2 Å². The molecule has 0 bridgehead atoms. The zero-order valence-electron chi connectivity index (χ0n) is 14.4. The minimum atomic E-state index is -0.576. The molecule has 1 aromatic carbocycles. The van der Waals surface area contributed by atoms with Gasteiger partial charge >= 0.3 is 0 Å². The van der Waals surface area contributed by atoms with Gasteiger partial charge in [0.15, 0.2) is 0 Å². The van der Waals surface area contributed by atoms with Gasteiger partial charge in [0, 0.05) is 12.5 Å². The molecule has 6 heteroatoms. The minimum absolute atomic E-state index is 0. The summed E-state index contributed by atoms with van der Waals surface area (Å²) in [5.41, 5.74) is 8.47. The summed E-state index contributed by atoms with van der Waals surface area (Å²) in [7, 11) is 0. The number of nitrogens with two attached hydrogens (primary N) is 1. The van der Waals surface area contributed by atoms with Crippen LogP contribution in [0.3, 0.4) is 0 Å². The number of nitrogens with one attached hydrogen (secondary N) is 2. The number of benzene rings is 1. The maximum atomic E-state index is 11.9. The van der Waals surface area contributed by atoms with Crippen molar-refractivity contribution in [1.82, 2.24) is 10.6 Å². The number of halogens is 1. The predicted molar refractivity (Wildman–Crippen MR) is 98.2 cm³/mol. The van der Waals surface area contributed by atoms with E-state index in [1.807, 2.05) is 19.9 Å². The lowest BCUT2D eigenvalue weighted by Crippen LogP contribution is -2.47. The Hall–Kier alpha value is -1.59. The van der Waals surface area contributed by atoms with Crippen LogP contribution in [0.25, 0.3) is 0 Å². The van der Waals surface area contributed by atoms with Crippen LogP contribution in [0.5, 0.6) is 0 Å². The molecule has 5 nitrogen and oxygen atoms in total. The molecule has 2 amide bonds. The van der Waals surface area contributed by atoms with E-state index in [1.54, 1.807) is 0 Å². The van der Waals surface area contributed by atoms with Gasteiger partial charge in [-0.1, -0.05) is 38.1 Å². The zero-order chi connectivity index (χ0) is 16.8. The van der Waals surface area contributed by atoms with E-state index < -0.39 is 6.04 Å². The van der Waals surface area contributed by atoms with Gasteiger partial charge in [-0.05, 0) is 36.3 Å². The Balaban J connectivity index is 0.00000288. The van der Waals surface area contributed by atoms with Crippen molar-refractivity contribution >= 4 is 24.2 Å². The maximum absolute atomic E-state index is 11.9. The number of fused-ring (bicyclic) bond motifs is 1. The van der Waals surface area contributed by atoms with Crippen LogP contribution in [0.1, 0.15) is 43.7 Å². The summed E-state index contributed by atoms with van der Waals surface area (Å²) in [6, 6.07) is 7.85. The minimum Gasteiger partial charge on any atom is -0.354 e. The first-order valence-corrected chi connectivity index (χ1v) is 8.37. The van der Waals surface area contributed by atoms with Crippen molar-refractivity contribution in [3.05, 3.63) is 35.4 Å². The van der Waals surface area contributed by atoms with Gasteiger partial charge in [-0.25, -0.2) is 0 Å². The zero-order valence-corrected chi connectivity index (χ0v) is 15.2. The van der Waals surface area contributed by atoms with Crippen LogP contribution in [0, 0.1) is 5.92 Å². The molecule has 0 saturated heterocycles. The van der Waals surface area contributed by atoms with Crippen molar-refractivity contribution < 1.29 is 9.59 Å². The Kier molecular flexibility index (Phi) is 8.22. The van der Waals surface area contributed by atoms with Crippen LogP contribution < -0.4 is 16.4 Å². The first-order valence-electron chi connectivity index (χ1n) is 8.37. The molecule has 2 atom stereocenters.